The summed E-state index contributed by atoms with van der Waals surface area (Å²) < 4.78 is 0. The highest BCUT2D eigenvalue weighted by Crippen LogP contribution is 2.48. The Bertz CT molecular complexity index is 344. The van der Waals surface area contributed by atoms with Gasteiger partial charge in [0.25, 0.3) is 0 Å². The van der Waals surface area contributed by atoms with Crippen molar-refractivity contribution in [3.63, 3.8) is 0 Å². The number of nitrogens with two attached hydrogens (primary N) is 1. The summed E-state index contributed by atoms with van der Waals surface area (Å²) in [6.45, 7) is 2.88. The summed E-state index contributed by atoms with van der Waals surface area (Å²) in [5, 5.41) is 14.8. The van der Waals surface area contributed by atoms with Crippen molar-refractivity contribution in [2.45, 2.75) is 45.4 Å². The summed E-state index contributed by atoms with van der Waals surface area (Å²) in [7, 11) is 0. The van der Waals surface area contributed by atoms with Crippen molar-refractivity contribution in [1.29, 1.82) is 0 Å². The molecule has 0 aromatic rings. The van der Waals surface area contributed by atoms with E-state index < -0.39 is 5.41 Å². The van der Waals surface area contributed by atoms with Crippen molar-refractivity contribution in [2.75, 3.05) is 6.54 Å². The van der Waals surface area contributed by atoms with Crippen molar-refractivity contribution in [2.24, 2.45) is 21.7 Å². The van der Waals surface area contributed by atoms with E-state index in [4.69, 9.17) is 10.9 Å². The molecule has 2 aliphatic rings. The summed E-state index contributed by atoms with van der Waals surface area (Å²) in [4.78, 5) is 12.2. The molecule has 1 amide bonds. The second-order valence-electron chi connectivity index (χ2n) is 5.46. The largest absolute Gasteiger partial charge is 0.409 e. The lowest BCUT2D eigenvalue weighted by atomic mass is 9.67. The third-order valence-corrected chi connectivity index (χ3v) is 4.57. The Labute approximate surface area is 101 Å². The quantitative estimate of drug-likeness (QED) is 0.291. The number of rotatable bonds is 5. The van der Waals surface area contributed by atoms with Gasteiger partial charge in [0.15, 0.2) is 5.84 Å². The number of nitrogens with zero attached hydrogens (tertiary/aromatic N) is 1. The molecule has 0 aromatic carbocycles. The van der Waals surface area contributed by atoms with Gasteiger partial charge in [-0.15, -0.1) is 0 Å². The molecule has 0 aliphatic heterocycles. The minimum Gasteiger partial charge on any atom is -0.409 e. The monoisotopic (exact) mass is 239 g/mol. The van der Waals surface area contributed by atoms with Gasteiger partial charge in [0, 0.05) is 6.54 Å². The zero-order valence-electron chi connectivity index (χ0n) is 10.3. The molecule has 2 rings (SSSR count). The Morgan fingerprint density at radius 2 is 2.06 bits per heavy atom. The number of amides is 1. The van der Waals surface area contributed by atoms with Crippen molar-refractivity contribution >= 4 is 11.7 Å². The molecule has 4 N–H and O–H groups in total. The predicted molar refractivity (Wildman–Crippen MR) is 64.7 cm³/mol. The molecule has 0 saturated heterocycles. The SMILES string of the molecule is CCC1(CNC(=O)C2(C(N)=NO)CCC2)CC1. The van der Waals surface area contributed by atoms with Crippen LogP contribution in [0.3, 0.4) is 0 Å². The standard InChI is InChI=1S/C12H21N3O2/c1-2-11(6-7-11)8-14-10(16)12(4-3-5-12)9(13)15-17/h17H,2-8H2,1H3,(H2,13,15)(H,14,16). The average Bonchev–Trinajstić information content (AvgIpc) is 3.05. The summed E-state index contributed by atoms with van der Waals surface area (Å²) in [6, 6.07) is 0. The van der Waals surface area contributed by atoms with E-state index >= 15 is 0 Å². The lowest BCUT2D eigenvalue weighted by Crippen LogP contribution is -2.54. The third kappa shape index (κ3) is 1.98. The van der Waals surface area contributed by atoms with E-state index in [1.807, 2.05) is 0 Å². The van der Waals surface area contributed by atoms with Crippen LogP contribution in [0.1, 0.15) is 45.4 Å². The van der Waals surface area contributed by atoms with Gasteiger partial charge in [-0.25, -0.2) is 0 Å². The molecule has 5 heteroatoms. The zero-order valence-corrected chi connectivity index (χ0v) is 10.3. The first-order chi connectivity index (χ1) is 8.08. The predicted octanol–water partition coefficient (Wildman–Crippen LogP) is 1.21. The molecule has 0 heterocycles. The van der Waals surface area contributed by atoms with E-state index in [0.29, 0.717) is 18.3 Å². The smallest absolute Gasteiger partial charge is 0.233 e. The van der Waals surface area contributed by atoms with E-state index in [0.717, 1.165) is 19.4 Å². The highest BCUT2D eigenvalue weighted by Gasteiger charge is 2.49. The van der Waals surface area contributed by atoms with Gasteiger partial charge in [-0.3, -0.25) is 4.79 Å². The maximum absolute atomic E-state index is 12.2. The van der Waals surface area contributed by atoms with Crippen molar-refractivity contribution in [3.8, 4) is 0 Å². The van der Waals surface area contributed by atoms with Crippen LogP contribution in [0.25, 0.3) is 0 Å². The summed E-state index contributed by atoms with van der Waals surface area (Å²) in [5.41, 5.74) is 5.23. The molecule has 0 aromatic heterocycles. The van der Waals surface area contributed by atoms with Gasteiger partial charge in [0.2, 0.25) is 5.91 Å². The van der Waals surface area contributed by atoms with Crippen LogP contribution in [-0.2, 0) is 4.79 Å². The first-order valence-electron chi connectivity index (χ1n) is 6.35. The fourth-order valence-corrected chi connectivity index (χ4v) is 2.49. The molecule has 0 unspecified atom stereocenters. The highest BCUT2D eigenvalue weighted by molar-refractivity contribution is 6.07. The van der Waals surface area contributed by atoms with Gasteiger partial charge in [-0.1, -0.05) is 18.5 Å². The number of carbonyl (C=O) groups is 1. The van der Waals surface area contributed by atoms with Crippen molar-refractivity contribution in [3.05, 3.63) is 0 Å². The van der Waals surface area contributed by atoms with Gasteiger partial charge in [-0.05, 0) is 37.5 Å². The second kappa shape index (κ2) is 4.20. The van der Waals surface area contributed by atoms with Crippen LogP contribution in [-0.4, -0.2) is 23.5 Å². The Balaban J connectivity index is 1.94. The lowest BCUT2D eigenvalue weighted by molar-refractivity contribution is -0.131. The molecule has 2 aliphatic carbocycles. The summed E-state index contributed by atoms with van der Waals surface area (Å²) >= 11 is 0. The molecular weight excluding hydrogens is 218 g/mol. The van der Waals surface area contributed by atoms with E-state index in [1.165, 1.54) is 12.8 Å². The van der Waals surface area contributed by atoms with Gasteiger partial charge < -0.3 is 16.3 Å². The molecule has 0 bridgehead atoms. The topological polar surface area (TPSA) is 87.7 Å². The minimum absolute atomic E-state index is 0.0580. The average molecular weight is 239 g/mol. The molecular formula is C12H21N3O2. The Morgan fingerprint density at radius 1 is 1.41 bits per heavy atom. The van der Waals surface area contributed by atoms with Crippen LogP contribution in [0, 0.1) is 10.8 Å². The lowest BCUT2D eigenvalue weighted by Gasteiger charge is -2.39. The molecule has 0 atom stereocenters. The molecule has 17 heavy (non-hydrogen) atoms. The van der Waals surface area contributed by atoms with Gasteiger partial charge in [0.1, 0.15) is 5.41 Å². The molecule has 2 fully saturated rings. The van der Waals surface area contributed by atoms with Crippen LogP contribution in [0.15, 0.2) is 5.16 Å². The van der Waals surface area contributed by atoms with E-state index in [9.17, 15) is 4.79 Å². The molecule has 96 valence electrons. The Hall–Kier alpha value is -1.26. The maximum Gasteiger partial charge on any atom is 0.233 e. The highest BCUT2D eigenvalue weighted by atomic mass is 16.4. The number of hydrogen-bond donors (Lipinski definition) is 3. The fourth-order valence-electron chi connectivity index (χ4n) is 2.49. The van der Waals surface area contributed by atoms with Crippen molar-refractivity contribution in [1.82, 2.24) is 5.32 Å². The summed E-state index contributed by atoms with van der Waals surface area (Å²) in [6.07, 6.45) is 5.83. The molecule has 0 radical (unpaired) electrons. The fraction of sp³-hybridized carbons (Fsp3) is 0.833. The van der Waals surface area contributed by atoms with Gasteiger partial charge in [-0.2, -0.15) is 0 Å². The van der Waals surface area contributed by atoms with Gasteiger partial charge in [0.05, 0.1) is 0 Å². The number of nitrogens with one attached hydrogen (secondary N) is 1. The third-order valence-electron chi connectivity index (χ3n) is 4.57. The molecule has 5 nitrogen and oxygen atoms in total. The van der Waals surface area contributed by atoms with E-state index in [2.05, 4.69) is 17.4 Å². The zero-order chi connectivity index (χ0) is 12.5. The number of carbonyl (C=O) groups excluding carboxylic acids is 1. The molecule has 0 spiro atoms. The molecule has 2 saturated carbocycles. The first kappa shape index (κ1) is 12.2. The maximum atomic E-state index is 12.2. The van der Waals surface area contributed by atoms with Crippen LogP contribution in [0.5, 0.6) is 0 Å². The Kier molecular flexibility index (Phi) is 3.02. The minimum atomic E-state index is -0.738. The van der Waals surface area contributed by atoms with Crippen LogP contribution in [0.4, 0.5) is 0 Å². The number of amidine groups is 1. The normalized spacial score (nSPS) is 24.9. The van der Waals surface area contributed by atoms with Crippen LogP contribution >= 0.6 is 0 Å². The van der Waals surface area contributed by atoms with E-state index in [1.54, 1.807) is 0 Å². The van der Waals surface area contributed by atoms with Crippen molar-refractivity contribution < 1.29 is 10.0 Å². The van der Waals surface area contributed by atoms with Crippen LogP contribution < -0.4 is 11.1 Å². The summed E-state index contributed by atoms with van der Waals surface area (Å²) in [5.74, 6) is -0.0126. The van der Waals surface area contributed by atoms with Gasteiger partial charge >= 0.3 is 0 Å². The number of oxime groups is 1. The first-order valence-corrected chi connectivity index (χ1v) is 6.35. The van der Waals surface area contributed by atoms with E-state index in [-0.39, 0.29) is 11.7 Å². The Morgan fingerprint density at radius 3 is 2.41 bits per heavy atom. The number of hydrogen-bond acceptors (Lipinski definition) is 3. The second-order valence-corrected chi connectivity index (χ2v) is 5.46. The van der Waals surface area contributed by atoms with Crippen LogP contribution in [0.2, 0.25) is 0 Å².